The zero-order valence-corrected chi connectivity index (χ0v) is 10.0. The topological polar surface area (TPSA) is 70.1 Å². The second kappa shape index (κ2) is 5.48. The number of hydrogen-bond acceptors (Lipinski definition) is 3. The number of amides is 1. The summed E-state index contributed by atoms with van der Waals surface area (Å²) >= 11 is 0. The quantitative estimate of drug-likeness (QED) is 0.808. The van der Waals surface area contributed by atoms with E-state index < -0.39 is 5.91 Å². The molecule has 1 aromatic rings. The van der Waals surface area contributed by atoms with Gasteiger partial charge in [-0.05, 0) is 17.6 Å². The fraction of sp³-hybridized carbons (Fsp3) is 0.286. The van der Waals surface area contributed by atoms with Crippen LogP contribution in [0.2, 0.25) is 0 Å². The van der Waals surface area contributed by atoms with Crippen molar-refractivity contribution >= 4 is 5.91 Å². The van der Waals surface area contributed by atoms with E-state index in [9.17, 15) is 10.1 Å². The van der Waals surface area contributed by atoms with Gasteiger partial charge >= 0.3 is 0 Å². The Hall–Kier alpha value is -2.12. The molecule has 1 amide bonds. The fourth-order valence-corrected chi connectivity index (χ4v) is 2.26. The first-order valence-electron chi connectivity index (χ1n) is 5.88. The highest BCUT2D eigenvalue weighted by Gasteiger charge is 2.29. The zero-order valence-electron chi connectivity index (χ0n) is 10.0. The van der Waals surface area contributed by atoms with Crippen LogP contribution in [0.1, 0.15) is 12.0 Å². The Labute approximate surface area is 106 Å². The van der Waals surface area contributed by atoms with E-state index in [2.05, 4.69) is 11.0 Å². The highest BCUT2D eigenvalue weighted by Crippen LogP contribution is 2.24. The van der Waals surface area contributed by atoms with Gasteiger partial charge < -0.3 is 5.73 Å². The summed E-state index contributed by atoms with van der Waals surface area (Å²) in [7, 11) is 0. The van der Waals surface area contributed by atoms with Crippen molar-refractivity contribution < 1.29 is 4.79 Å². The largest absolute Gasteiger partial charge is 0.366 e. The van der Waals surface area contributed by atoms with Crippen LogP contribution < -0.4 is 5.73 Å². The van der Waals surface area contributed by atoms with E-state index in [0.29, 0.717) is 0 Å². The second-order valence-electron chi connectivity index (χ2n) is 4.36. The third kappa shape index (κ3) is 2.76. The molecule has 2 N–H and O–H groups in total. The predicted octanol–water partition coefficient (Wildman–Crippen LogP) is 1.20. The first-order chi connectivity index (χ1) is 8.70. The van der Waals surface area contributed by atoms with Crippen molar-refractivity contribution in [2.45, 2.75) is 19.0 Å². The lowest BCUT2D eigenvalue weighted by molar-refractivity contribution is -0.113. The van der Waals surface area contributed by atoms with Crippen molar-refractivity contribution in [1.82, 2.24) is 4.90 Å². The van der Waals surface area contributed by atoms with Gasteiger partial charge in [0, 0.05) is 19.2 Å². The number of primary amides is 1. The minimum absolute atomic E-state index is 0.335. The van der Waals surface area contributed by atoms with Crippen LogP contribution in [0, 0.1) is 11.3 Å². The number of nitrogens with two attached hydrogens (primary N) is 1. The molecule has 0 bridgehead atoms. The highest BCUT2D eigenvalue weighted by molar-refractivity contribution is 5.86. The number of hydrogen-bond donors (Lipinski definition) is 1. The van der Waals surface area contributed by atoms with E-state index in [0.717, 1.165) is 30.6 Å². The first kappa shape index (κ1) is 12.3. The molecule has 4 nitrogen and oxygen atoms in total. The van der Waals surface area contributed by atoms with Gasteiger partial charge in [0.15, 0.2) is 0 Å². The summed E-state index contributed by atoms with van der Waals surface area (Å²) < 4.78 is 0. The second-order valence-corrected chi connectivity index (χ2v) is 4.36. The molecule has 0 spiro atoms. The summed E-state index contributed by atoms with van der Waals surface area (Å²) in [5.41, 5.74) is 7.13. The Balaban J connectivity index is 2.12. The van der Waals surface area contributed by atoms with Crippen molar-refractivity contribution in [2.75, 3.05) is 6.54 Å². The number of benzene rings is 1. The average molecular weight is 241 g/mol. The molecule has 1 unspecified atom stereocenters. The van der Waals surface area contributed by atoms with Crippen LogP contribution in [0.5, 0.6) is 0 Å². The number of nitrogens with zero attached hydrogens (tertiary/aromatic N) is 2. The maximum absolute atomic E-state index is 10.9. The normalized spacial score (nSPS) is 21.9. The van der Waals surface area contributed by atoms with Crippen LogP contribution in [0.3, 0.4) is 0 Å². The van der Waals surface area contributed by atoms with Gasteiger partial charge in [-0.3, -0.25) is 9.69 Å². The minimum Gasteiger partial charge on any atom is -0.366 e. The molecule has 0 saturated carbocycles. The van der Waals surface area contributed by atoms with Crippen molar-refractivity contribution in [3.8, 4) is 6.07 Å². The number of carbonyl (C=O) groups excluding carboxylic acids is 1. The first-order valence-corrected chi connectivity index (χ1v) is 5.88. The Bertz CT molecular complexity index is 502. The molecule has 1 saturated heterocycles. The maximum Gasteiger partial charge on any atom is 0.241 e. The lowest BCUT2D eigenvalue weighted by Crippen LogP contribution is -2.28. The van der Waals surface area contributed by atoms with Crippen LogP contribution in [-0.4, -0.2) is 23.4 Å². The third-order valence-electron chi connectivity index (χ3n) is 3.08. The summed E-state index contributed by atoms with van der Waals surface area (Å²) in [5.74, 6) is -0.480. The molecule has 4 heteroatoms. The molecule has 1 aliphatic rings. The van der Waals surface area contributed by atoms with Gasteiger partial charge in [0.05, 0.1) is 6.07 Å². The maximum atomic E-state index is 10.9. The van der Waals surface area contributed by atoms with Gasteiger partial charge in [0.2, 0.25) is 5.91 Å². The summed E-state index contributed by atoms with van der Waals surface area (Å²) in [5, 5.41) is 9.21. The number of nitriles is 1. The van der Waals surface area contributed by atoms with Crippen molar-refractivity contribution in [2.24, 2.45) is 5.73 Å². The number of rotatable bonds is 3. The Morgan fingerprint density at radius 2 is 2.22 bits per heavy atom. The molecular formula is C14H15N3O. The molecule has 0 aliphatic carbocycles. The summed E-state index contributed by atoms with van der Waals surface area (Å²) in [4.78, 5) is 13.0. The Kier molecular flexibility index (Phi) is 3.75. The van der Waals surface area contributed by atoms with E-state index in [-0.39, 0.29) is 6.04 Å². The molecule has 1 atom stereocenters. The van der Waals surface area contributed by atoms with Crippen LogP contribution in [0.15, 0.2) is 42.0 Å². The van der Waals surface area contributed by atoms with Gasteiger partial charge in [-0.15, -0.1) is 0 Å². The number of likely N-dealkylation sites (tertiary alicyclic amines) is 1. The van der Waals surface area contributed by atoms with Gasteiger partial charge in [-0.25, -0.2) is 0 Å². The lowest BCUT2D eigenvalue weighted by atomic mass is 10.1. The molecule has 1 aliphatic heterocycles. The van der Waals surface area contributed by atoms with Crippen LogP contribution in [0.4, 0.5) is 0 Å². The Morgan fingerprint density at radius 1 is 1.50 bits per heavy atom. The van der Waals surface area contributed by atoms with Crippen LogP contribution in [-0.2, 0) is 11.3 Å². The van der Waals surface area contributed by atoms with E-state index in [1.54, 1.807) is 0 Å². The monoisotopic (exact) mass is 241 g/mol. The van der Waals surface area contributed by atoms with E-state index >= 15 is 0 Å². The molecule has 18 heavy (non-hydrogen) atoms. The molecule has 2 rings (SSSR count). The average Bonchev–Trinajstić information content (AvgIpc) is 2.72. The fourth-order valence-electron chi connectivity index (χ4n) is 2.26. The van der Waals surface area contributed by atoms with E-state index in [1.807, 2.05) is 30.3 Å². The van der Waals surface area contributed by atoms with Gasteiger partial charge in [-0.2, -0.15) is 5.26 Å². The predicted molar refractivity (Wildman–Crippen MR) is 68.1 cm³/mol. The van der Waals surface area contributed by atoms with Gasteiger partial charge in [-0.1, -0.05) is 30.3 Å². The van der Waals surface area contributed by atoms with E-state index in [1.165, 1.54) is 6.08 Å². The lowest BCUT2D eigenvalue weighted by Gasteiger charge is -2.19. The Morgan fingerprint density at radius 3 is 2.83 bits per heavy atom. The van der Waals surface area contributed by atoms with Gasteiger partial charge in [0.25, 0.3) is 0 Å². The summed E-state index contributed by atoms with van der Waals surface area (Å²) in [6.07, 6.45) is 2.12. The van der Waals surface area contributed by atoms with Gasteiger partial charge in [0.1, 0.15) is 6.04 Å². The number of carbonyl (C=O) groups is 1. The molecule has 92 valence electrons. The molecule has 0 radical (unpaired) electrons. The zero-order chi connectivity index (χ0) is 13.0. The molecular weight excluding hydrogens is 226 g/mol. The van der Waals surface area contributed by atoms with Crippen molar-refractivity contribution in [3.05, 3.63) is 47.5 Å². The molecule has 0 aromatic heterocycles. The van der Waals surface area contributed by atoms with Crippen LogP contribution >= 0.6 is 0 Å². The van der Waals surface area contributed by atoms with Crippen molar-refractivity contribution in [3.63, 3.8) is 0 Å². The summed E-state index contributed by atoms with van der Waals surface area (Å²) in [6.45, 7) is 1.50. The SMILES string of the molecule is N#CC1C(=CC(N)=O)CCN1Cc1ccccc1. The smallest absolute Gasteiger partial charge is 0.241 e. The minimum atomic E-state index is -0.480. The van der Waals surface area contributed by atoms with Crippen LogP contribution in [0.25, 0.3) is 0 Å². The summed E-state index contributed by atoms with van der Waals surface area (Å²) in [6, 6.07) is 11.9. The van der Waals surface area contributed by atoms with Crippen molar-refractivity contribution in [1.29, 1.82) is 5.26 Å². The van der Waals surface area contributed by atoms with E-state index in [4.69, 9.17) is 5.73 Å². The third-order valence-corrected chi connectivity index (χ3v) is 3.08. The standard InChI is InChI=1S/C14H15N3O/c15-9-13-12(8-14(16)18)6-7-17(13)10-11-4-2-1-3-5-11/h1-5,8,13H,6-7,10H2,(H2,16,18). The molecule has 1 heterocycles. The molecule has 1 aromatic carbocycles. The molecule has 1 fully saturated rings. The highest BCUT2D eigenvalue weighted by atomic mass is 16.1.